The summed E-state index contributed by atoms with van der Waals surface area (Å²) in [4.78, 5) is 12.9. The summed E-state index contributed by atoms with van der Waals surface area (Å²) in [5, 5.41) is 3.15. The molecule has 0 unspecified atom stereocenters. The van der Waals surface area contributed by atoms with Gasteiger partial charge >= 0.3 is 0 Å². The van der Waals surface area contributed by atoms with Crippen LogP contribution >= 0.6 is 10.7 Å². The van der Waals surface area contributed by atoms with E-state index < -0.39 is 29.5 Å². The number of carbonyl (C=O) groups is 1. The number of ketones is 1. The lowest BCUT2D eigenvalue weighted by Gasteiger charge is -2.30. The zero-order valence-corrected chi connectivity index (χ0v) is 16.0. The number of piperazine rings is 1. The molecule has 0 bridgehead atoms. The fraction of sp³-hybridized carbons (Fsp3) is 0.400. The zero-order valence-electron chi connectivity index (χ0n) is 13.6. The second-order valence-electron chi connectivity index (χ2n) is 5.55. The first-order valence-corrected chi connectivity index (χ1v) is 11.5. The normalized spacial score (nSPS) is 16.7. The Morgan fingerprint density at radius 2 is 1.72 bits per heavy atom. The molecule has 1 N–H and O–H groups in total. The van der Waals surface area contributed by atoms with E-state index in [-0.39, 0.29) is 10.7 Å². The lowest BCUT2D eigenvalue weighted by atomic mass is 10.2. The Morgan fingerprint density at radius 1 is 1.16 bits per heavy atom. The van der Waals surface area contributed by atoms with Crippen LogP contribution in [0.5, 0.6) is 0 Å². The third-order valence-corrected chi connectivity index (χ3v) is 6.90. The van der Waals surface area contributed by atoms with Crippen molar-refractivity contribution in [2.75, 3.05) is 31.9 Å². The fourth-order valence-corrected chi connectivity index (χ4v) is 5.61. The van der Waals surface area contributed by atoms with E-state index in [1.807, 2.05) is 4.90 Å². The van der Waals surface area contributed by atoms with Gasteiger partial charge in [0.1, 0.15) is 4.90 Å². The van der Waals surface area contributed by atoms with Gasteiger partial charge in [-0.25, -0.2) is 16.8 Å². The number of carbonyl (C=O) groups excluding carboxylic acids is 1. The Hall–Kier alpha value is -1.42. The van der Waals surface area contributed by atoms with Crippen LogP contribution in [0.25, 0.3) is 0 Å². The first-order chi connectivity index (χ1) is 11.6. The van der Waals surface area contributed by atoms with E-state index in [4.69, 9.17) is 10.7 Å². The van der Waals surface area contributed by atoms with E-state index >= 15 is 0 Å². The first kappa shape index (κ1) is 19.9. The first-order valence-electron chi connectivity index (χ1n) is 7.56. The summed E-state index contributed by atoms with van der Waals surface area (Å²) in [5.41, 5.74) is 0.316. The predicted molar refractivity (Wildman–Crippen MR) is 94.7 cm³/mol. The molecule has 0 aliphatic carbocycles. The molecule has 1 aliphatic rings. The Kier molecular flexibility index (Phi) is 6.26. The molecule has 0 saturated carbocycles. The van der Waals surface area contributed by atoms with Gasteiger partial charge in [0, 0.05) is 43.8 Å². The SMILES string of the molecule is CC(=O)C(=CCS(=O)(=O)c1ccccc1S(=O)(=O)Cl)N1CCNCC1. The molecular formula is C15H19ClN2O5S2. The second kappa shape index (κ2) is 7.86. The standard InChI is InChI=1S/C15H19ClN2O5S2/c1-12(19)13(18-9-7-17-8-10-18)6-11-24(20,21)14-4-2-3-5-15(14)25(16,22)23/h2-6,17H,7-11H2,1H3. The molecule has 7 nitrogen and oxygen atoms in total. The van der Waals surface area contributed by atoms with Gasteiger partial charge in [0.25, 0.3) is 9.05 Å². The molecule has 1 saturated heterocycles. The van der Waals surface area contributed by atoms with Crippen molar-refractivity contribution in [3.63, 3.8) is 0 Å². The van der Waals surface area contributed by atoms with E-state index in [0.29, 0.717) is 31.9 Å². The number of rotatable bonds is 6. The van der Waals surface area contributed by atoms with Gasteiger partial charge in [-0.05, 0) is 18.2 Å². The highest BCUT2D eigenvalue weighted by Crippen LogP contribution is 2.25. The summed E-state index contributed by atoms with van der Waals surface area (Å²) >= 11 is 0. The number of allylic oxidation sites excluding steroid dienone is 1. The summed E-state index contributed by atoms with van der Waals surface area (Å²) in [6, 6.07) is 5.15. The molecule has 2 rings (SSSR count). The number of benzene rings is 1. The quantitative estimate of drug-likeness (QED) is 0.550. The van der Waals surface area contributed by atoms with Gasteiger partial charge in [-0.15, -0.1) is 0 Å². The molecule has 1 fully saturated rings. The van der Waals surface area contributed by atoms with E-state index in [9.17, 15) is 21.6 Å². The molecular weight excluding hydrogens is 388 g/mol. The van der Waals surface area contributed by atoms with Crippen molar-refractivity contribution in [1.82, 2.24) is 10.2 Å². The Bertz CT molecular complexity index is 888. The number of sulfone groups is 1. The number of halogens is 1. The average molecular weight is 407 g/mol. The lowest BCUT2D eigenvalue weighted by molar-refractivity contribution is -0.115. The molecule has 10 heteroatoms. The maximum absolute atomic E-state index is 12.6. The maximum atomic E-state index is 12.6. The monoisotopic (exact) mass is 406 g/mol. The third-order valence-electron chi connectivity index (χ3n) is 3.76. The van der Waals surface area contributed by atoms with E-state index in [0.717, 1.165) is 6.07 Å². The Labute approximate surface area is 152 Å². The van der Waals surface area contributed by atoms with Crippen molar-refractivity contribution in [1.29, 1.82) is 0 Å². The van der Waals surface area contributed by atoms with Crippen LogP contribution in [0, 0.1) is 0 Å². The smallest absolute Gasteiger partial charge is 0.262 e. The zero-order chi connectivity index (χ0) is 18.7. The van der Waals surface area contributed by atoms with E-state index in [2.05, 4.69) is 5.32 Å². The van der Waals surface area contributed by atoms with Crippen LogP contribution in [-0.4, -0.2) is 59.5 Å². The van der Waals surface area contributed by atoms with Gasteiger partial charge in [0.15, 0.2) is 15.6 Å². The molecule has 1 aromatic rings. The highest BCUT2D eigenvalue weighted by atomic mass is 35.7. The predicted octanol–water partition coefficient (Wildman–Crippen LogP) is 0.766. The van der Waals surface area contributed by atoms with Crippen LogP contribution in [0.1, 0.15) is 6.92 Å². The van der Waals surface area contributed by atoms with Crippen molar-refractivity contribution in [3.8, 4) is 0 Å². The van der Waals surface area contributed by atoms with E-state index in [1.165, 1.54) is 31.2 Å². The molecule has 1 heterocycles. The summed E-state index contributed by atoms with van der Waals surface area (Å²) in [6.07, 6.45) is 1.33. The van der Waals surface area contributed by atoms with Crippen molar-refractivity contribution in [2.24, 2.45) is 0 Å². The van der Waals surface area contributed by atoms with Crippen molar-refractivity contribution in [2.45, 2.75) is 16.7 Å². The summed E-state index contributed by atoms with van der Waals surface area (Å²) < 4.78 is 48.4. The topological polar surface area (TPSA) is 101 Å². The molecule has 138 valence electrons. The van der Waals surface area contributed by atoms with Crippen LogP contribution in [0.4, 0.5) is 0 Å². The average Bonchev–Trinajstić information content (AvgIpc) is 2.55. The number of hydrogen-bond acceptors (Lipinski definition) is 7. The van der Waals surface area contributed by atoms with Gasteiger partial charge in [0.2, 0.25) is 0 Å². The molecule has 0 spiro atoms. The molecule has 1 aliphatic heterocycles. The van der Waals surface area contributed by atoms with Gasteiger partial charge in [-0.3, -0.25) is 4.79 Å². The van der Waals surface area contributed by atoms with Crippen LogP contribution in [0.3, 0.4) is 0 Å². The fourth-order valence-electron chi connectivity index (χ4n) is 2.59. The van der Waals surface area contributed by atoms with Gasteiger partial charge in [-0.2, -0.15) is 0 Å². The number of nitrogens with one attached hydrogen (secondary N) is 1. The van der Waals surface area contributed by atoms with Gasteiger partial charge < -0.3 is 10.2 Å². The highest BCUT2D eigenvalue weighted by Gasteiger charge is 2.25. The van der Waals surface area contributed by atoms with Crippen molar-refractivity contribution in [3.05, 3.63) is 36.0 Å². The lowest BCUT2D eigenvalue weighted by Crippen LogP contribution is -2.44. The van der Waals surface area contributed by atoms with Crippen LogP contribution in [0.15, 0.2) is 45.8 Å². The summed E-state index contributed by atoms with van der Waals surface area (Å²) in [6.45, 7) is 3.96. The van der Waals surface area contributed by atoms with Gasteiger partial charge in [0.05, 0.1) is 16.3 Å². The number of Topliss-reactive ketones (excluding diaryl/α,β-unsaturated/α-hetero) is 1. The summed E-state index contributed by atoms with van der Waals surface area (Å²) in [5.74, 6) is -0.731. The largest absolute Gasteiger partial charge is 0.366 e. The second-order valence-corrected chi connectivity index (χ2v) is 10.1. The molecule has 1 aromatic carbocycles. The Balaban J connectivity index is 2.36. The van der Waals surface area contributed by atoms with Crippen LogP contribution in [-0.2, 0) is 23.7 Å². The van der Waals surface area contributed by atoms with Crippen molar-refractivity contribution < 1.29 is 21.6 Å². The van der Waals surface area contributed by atoms with Crippen LogP contribution < -0.4 is 5.32 Å². The Morgan fingerprint density at radius 3 is 2.24 bits per heavy atom. The minimum atomic E-state index is -4.21. The highest BCUT2D eigenvalue weighted by molar-refractivity contribution is 8.14. The number of hydrogen-bond donors (Lipinski definition) is 1. The van der Waals surface area contributed by atoms with Gasteiger partial charge in [-0.1, -0.05) is 12.1 Å². The minimum absolute atomic E-state index is 0.240. The molecule has 0 atom stereocenters. The number of nitrogens with zero attached hydrogens (tertiary/aromatic N) is 1. The molecule has 0 amide bonds. The van der Waals surface area contributed by atoms with E-state index in [1.54, 1.807) is 0 Å². The third kappa shape index (κ3) is 5.04. The molecule has 0 aromatic heterocycles. The van der Waals surface area contributed by atoms with Crippen LogP contribution in [0.2, 0.25) is 0 Å². The summed E-state index contributed by atoms with van der Waals surface area (Å²) in [7, 11) is -2.85. The molecule has 25 heavy (non-hydrogen) atoms. The maximum Gasteiger partial charge on any atom is 0.262 e. The minimum Gasteiger partial charge on any atom is -0.366 e. The van der Waals surface area contributed by atoms with Crippen molar-refractivity contribution >= 4 is 35.4 Å². The molecule has 0 radical (unpaired) electrons.